The zero-order chi connectivity index (χ0) is 14.9. The van der Waals surface area contributed by atoms with E-state index in [1.54, 1.807) is 18.2 Å². The minimum absolute atomic E-state index is 0.00483. The van der Waals surface area contributed by atoms with Gasteiger partial charge in [-0.05, 0) is 44.0 Å². The molecule has 0 spiro atoms. The van der Waals surface area contributed by atoms with Gasteiger partial charge in [0.25, 0.3) is 0 Å². The summed E-state index contributed by atoms with van der Waals surface area (Å²) in [4.78, 5) is 24.4. The summed E-state index contributed by atoms with van der Waals surface area (Å²) in [6.07, 6.45) is -0.774. The summed E-state index contributed by atoms with van der Waals surface area (Å²) < 4.78 is 1.35. The number of hydrogen-bond acceptors (Lipinski definition) is 3. The molecule has 0 unspecified atom stereocenters. The Morgan fingerprint density at radius 1 is 1.30 bits per heavy atom. The van der Waals surface area contributed by atoms with Gasteiger partial charge in [-0.1, -0.05) is 6.07 Å². The maximum atomic E-state index is 12.2. The zero-order valence-electron chi connectivity index (χ0n) is 10.2. The Balaban J connectivity index is 2.18. The minimum Gasteiger partial charge on any atom is -0.480 e. The number of nitrogens with one attached hydrogen (secondary N) is 1. The summed E-state index contributed by atoms with van der Waals surface area (Å²) in [5, 5.41) is 21.3. The molecule has 3 N–H and O–H groups in total. The molecule has 1 aromatic rings. The highest BCUT2D eigenvalue weighted by atomic mass is 79.9. The van der Waals surface area contributed by atoms with Crippen molar-refractivity contribution in [1.82, 2.24) is 4.90 Å². The van der Waals surface area contributed by atoms with Crippen molar-refractivity contribution in [3.8, 4) is 0 Å². The maximum Gasteiger partial charge on any atom is 0.326 e. The molecular formula is C12H12Br2N2O4. The van der Waals surface area contributed by atoms with E-state index in [-0.39, 0.29) is 13.0 Å². The van der Waals surface area contributed by atoms with Crippen LogP contribution in [0, 0.1) is 0 Å². The molecule has 2 atom stereocenters. The number of carboxylic acid groups (broad SMARTS) is 1. The summed E-state index contributed by atoms with van der Waals surface area (Å²) in [5.41, 5.74) is 0.517. The number of aliphatic carboxylic acids is 1. The van der Waals surface area contributed by atoms with Crippen LogP contribution in [0.5, 0.6) is 0 Å². The van der Waals surface area contributed by atoms with Crippen LogP contribution in [0.3, 0.4) is 0 Å². The molecule has 1 fully saturated rings. The van der Waals surface area contributed by atoms with E-state index < -0.39 is 24.1 Å². The van der Waals surface area contributed by atoms with Crippen molar-refractivity contribution < 1.29 is 19.8 Å². The number of aliphatic hydroxyl groups is 1. The van der Waals surface area contributed by atoms with Crippen molar-refractivity contribution in [2.24, 2.45) is 0 Å². The number of halogens is 2. The molecule has 108 valence electrons. The summed E-state index contributed by atoms with van der Waals surface area (Å²) >= 11 is 6.62. The normalized spacial score (nSPS) is 21.9. The molecule has 0 radical (unpaired) electrons. The first-order valence-corrected chi connectivity index (χ1v) is 7.41. The second kappa shape index (κ2) is 6.11. The van der Waals surface area contributed by atoms with E-state index in [4.69, 9.17) is 5.11 Å². The van der Waals surface area contributed by atoms with Gasteiger partial charge in [0.15, 0.2) is 0 Å². The van der Waals surface area contributed by atoms with E-state index in [2.05, 4.69) is 37.2 Å². The summed E-state index contributed by atoms with van der Waals surface area (Å²) in [6, 6.07) is 3.75. The number of benzene rings is 1. The number of carbonyl (C=O) groups is 2. The highest BCUT2D eigenvalue weighted by molar-refractivity contribution is 9.11. The van der Waals surface area contributed by atoms with Gasteiger partial charge >= 0.3 is 12.0 Å². The van der Waals surface area contributed by atoms with E-state index >= 15 is 0 Å². The highest BCUT2D eigenvalue weighted by Gasteiger charge is 2.39. The lowest BCUT2D eigenvalue weighted by Crippen LogP contribution is -2.43. The number of carboxylic acids is 1. The summed E-state index contributed by atoms with van der Waals surface area (Å²) in [6.45, 7) is 0.00483. The van der Waals surface area contributed by atoms with Gasteiger partial charge in [0.2, 0.25) is 0 Å². The molecule has 0 aromatic heterocycles. The Bertz CT molecular complexity index is 532. The highest BCUT2D eigenvalue weighted by Crippen LogP contribution is 2.31. The number of anilines is 1. The Morgan fingerprint density at radius 3 is 2.45 bits per heavy atom. The van der Waals surface area contributed by atoms with Crippen LogP contribution in [-0.4, -0.2) is 45.8 Å². The fourth-order valence-electron chi connectivity index (χ4n) is 2.07. The lowest BCUT2D eigenvalue weighted by atomic mass is 10.2. The number of rotatable bonds is 2. The number of para-hydroxylation sites is 1. The molecular weight excluding hydrogens is 396 g/mol. The van der Waals surface area contributed by atoms with Crippen LogP contribution >= 0.6 is 31.9 Å². The van der Waals surface area contributed by atoms with Crippen molar-refractivity contribution >= 4 is 49.5 Å². The van der Waals surface area contributed by atoms with Crippen molar-refractivity contribution in [2.45, 2.75) is 18.6 Å². The standard InChI is InChI=1S/C12H12Br2N2O4/c13-7-2-1-3-8(14)10(7)15-12(20)16-5-6(17)4-9(16)11(18)19/h1-3,6,9,17H,4-5H2,(H,15,20)(H,18,19)/t6-,9-/m1/s1. The fourth-order valence-corrected chi connectivity index (χ4v) is 3.27. The van der Waals surface area contributed by atoms with Crippen molar-refractivity contribution in [3.05, 3.63) is 27.1 Å². The molecule has 2 amide bonds. The Morgan fingerprint density at radius 2 is 1.90 bits per heavy atom. The molecule has 1 heterocycles. The second-order valence-corrected chi connectivity index (χ2v) is 6.13. The van der Waals surface area contributed by atoms with Crippen LogP contribution in [0.1, 0.15) is 6.42 Å². The first-order chi connectivity index (χ1) is 9.40. The fraction of sp³-hybridized carbons (Fsp3) is 0.333. The van der Waals surface area contributed by atoms with E-state index in [1.165, 1.54) is 0 Å². The molecule has 1 aliphatic rings. The topological polar surface area (TPSA) is 89.9 Å². The van der Waals surface area contributed by atoms with Gasteiger partial charge in [0, 0.05) is 21.9 Å². The SMILES string of the molecule is O=C(O)[C@H]1C[C@@H](O)CN1C(=O)Nc1c(Br)cccc1Br. The third-order valence-electron chi connectivity index (χ3n) is 3.02. The smallest absolute Gasteiger partial charge is 0.326 e. The van der Waals surface area contributed by atoms with Gasteiger partial charge in [-0.3, -0.25) is 0 Å². The number of aliphatic hydroxyl groups excluding tert-OH is 1. The van der Waals surface area contributed by atoms with E-state index in [9.17, 15) is 14.7 Å². The van der Waals surface area contributed by atoms with Crippen molar-refractivity contribution in [2.75, 3.05) is 11.9 Å². The number of urea groups is 1. The van der Waals surface area contributed by atoms with Crippen LogP contribution in [0.25, 0.3) is 0 Å². The molecule has 1 aliphatic heterocycles. The molecule has 20 heavy (non-hydrogen) atoms. The van der Waals surface area contributed by atoms with Gasteiger partial charge in [-0.15, -0.1) is 0 Å². The van der Waals surface area contributed by atoms with E-state index in [0.29, 0.717) is 14.6 Å². The largest absolute Gasteiger partial charge is 0.480 e. The van der Waals surface area contributed by atoms with E-state index in [0.717, 1.165) is 4.90 Å². The molecule has 0 aliphatic carbocycles. The van der Waals surface area contributed by atoms with Crippen molar-refractivity contribution in [1.29, 1.82) is 0 Å². The van der Waals surface area contributed by atoms with Crippen LogP contribution in [-0.2, 0) is 4.79 Å². The molecule has 6 nitrogen and oxygen atoms in total. The third-order valence-corrected chi connectivity index (χ3v) is 4.34. The summed E-state index contributed by atoms with van der Waals surface area (Å²) in [5.74, 6) is -1.12. The average molecular weight is 408 g/mol. The molecule has 0 bridgehead atoms. The molecule has 2 rings (SSSR count). The third kappa shape index (κ3) is 3.13. The van der Waals surface area contributed by atoms with Gasteiger partial charge in [0.05, 0.1) is 11.8 Å². The van der Waals surface area contributed by atoms with Crippen LogP contribution in [0.15, 0.2) is 27.1 Å². The van der Waals surface area contributed by atoms with Crippen LogP contribution in [0.4, 0.5) is 10.5 Å². The van der Waals surface area contributed by atoms with E-state index in [1.807, 2.05) is 0 Å². The molecule has 0 saturated carbocycles. The minimum atomic E-state index is -1.12. The number of likely N-dealkylation sites (tertiary alicyclic amines) is 1. The Hall–Kier alpha value is -1.12. The quantitative estimate of drug-likeness (QED) is 0.701. The summed E-state index contributed by atoms with van der Waals surface area (Å²) in [7, 11) is 0. The van der Waals surface area contributed by atoms with Gasteiger partial charge in [-0.25, -0.2) is 9.59 Å². The number of nitrogens with zero attached hydrogens (tertiary/aromatic N) is 1. The number of hydrogen-bond donors (Lipinski definition) is 3. The second-order valence-electron chi connectivity index (χ2n) is 4.42. The maximum absolute atomic E-state index is 12.2. The molecule has 1 aromatic carbocycles. The predicted molar refractivity (Wildman–Crippen MR) is 79.6 cm³/mol. The lowest BCUT2D eigenvalue weighted by molar-refractivity contribution is -0.141. The Kier molecular flexibility index (Phi) is 4.66. The van der Waals surface area contributed by atoms with Gasteiger partial charge in [-0.2, -0.15) is 0 Å². The van der Waals surface area contributed by atoms with Gasteiger partial charge in [0.1, 0.15) is 6.04 Å². The number of amides is 2. The van der Waals surface area contributed by atoms with Crippen molar-refractivity contribution in [3.63, 3.8) is 0 Å². The zero-order valence-corrected chi connectivity index (χ0v) is 13.4. The predicted octanol–water partition coefficient (Wildman–Crippen LogP) is 2.26. The van der Waals surface area contributed by atoms with Gasteiger partial charge < -0.3 is 20.4 Å². The monoisotopic (exact) mass is 406 g/mol. The first-order valence-electron chi connectivity index (χ1n) is 5.82. The molecule has 1 saturated heterocycles. The molecule has 8 heteroatoms. The number of β-amino-alcohol motifs (C(OH)–C–C–N with tert-alkyl or cyclic N) is 1. The van der Waals surface area contributed by atoms with Crippen LogP contribution in [0.2, 0.25) is 0 Å². The number of carbonyl (C=O) groups excluding carboxylic acids is 1. The first kappa shape index (κ1) is 15.3. The van der Waals surface area contributed by atoms with Crippen LogP contribution < -0.4 is 5.32 Å². The average Bonchev–Trinajstić information content (AvgIpc) is 2.76. The Labute approximate surface area is 132 Å². The lowest BCUT2D eigenvalue weighted by Gasteiger charge is -2.22.